The van der Waals surface area contributed by atoms with Crippen LogP contribution in [0.15, 0.2) is 5.38 Å². The molecular formula is C7H13ClN2OS. The van der Waals surface area contributed by atoms with Gasteiger partial charge in [0, 0.05) is 11.9 Å². The fourth-order valence-corrected chi connectivity index (χ4v) is 1.52. The standard InChI is InChI=1S/C7H12N2OS.ClH/c1-7(2,10)5-4-11-6(3-8)9-5;/h4,10H,3,8H2,1-2H3;1H. The van der Waals surface area contributed by atoms with Crippen molar-refractivity contribution in [3.63, 3.8) is 0 Å². The molecule has 12 heavy (non-hydrogen) atoms. The van der Waals surface area contributed by atoms with Crippen molar-refractivity contribution in [1.82, 2.24) is 4.98 Å². The summed E-state index contributed by atoms with van der Waals surface area (Å²) in [5.74, 6) is 0. The van der Waals surface area contributed by atoms with Crippen LogP contribution < -0.4 is 5.73 Å². The highest BCUT2D eigenvalue weighted by Gasteiger charge is 2.18. The maximum Gasteiger partial charge on any atom is 0.107 e. The molecule has 3 N–H and O–H groups in total. The minimum absolute atomic E-state index is 0. The number of nitrogens with two attached hydrogens (primary N) is 1. The van der Waals surface area contributed by atoms with Crippen molar-refractivity contribution < 1.29 is 5.11 Å². The number of halogens is 1. The van der Waals surface area contributed by atoms with Gasteiger partial charge in [0.25, 0.3) is 0 Å². The van der Waals surface area contributed by atoms with Gasteiger partial charge in [-0.25, -0.2) is 4.98 Å². The lowest BCUT2D eigenvalue weighted by molar-refractivity contribution is 0.0744. The molecule has 0 bridgehead atoms. The monoisotopic (exact) mass is 208 g/mol. The molecule has 1 aromatic rings. The summed E-state index contributed by atoms with van der Waals surface area (Å²) < 4.78 is 0. The molecule has 0 unspecified atom stereocenters. The Morgan fingerprint density at radius 2 is 2.25 bits per heavy atom. The van der Waals surface area contributed by atoms with E-state index in [2.05, 4.69) is 4.98 Å². The van der Waals surface area contributed by atoms with E-state index >= 15 is 0 Å². The van der Waals surface area contributed by atoms with Crippen molar-refractivity contribution >= 4 is 23.7 Å². The van der Waals surface area contributed by atoms with Gasteiger partial charge in [0.1, 0.15) is 10.6 Å². The second-order valence-corrected chi connectivity index (χ2v) is 3.83. The second kappa shape index (κ2) is 4.18. The SMILES string of the molecule is CC(C)(O)c1csc(CN)n1.Cl. The first-order valence-corrected chi connectivity index (χ1v) is 4.29. The Hall–Kier alpha value is -0.160. The summed E-state index contributed by atoms with van der Waals surface area (Å²) in [6, 6.07) is 0. The fourth-order valence-electron chi connectivity index (χ4n) is 0.686. The zero-order valence-corrected chi connectivity index (χ0v) is 8.71. The van der Waals surface area contributed by atoms with Gasteiger partial charge >= 0.3 is 0 Å². The minimum Gasteiger partial charge on any atom is -0.384 e. The summed E-state index contributed by atoms with van der Waals surface area (Å²) in [6.07, 6.45) is 0. The molecule has 0 aliphatic heterocycles. The molecule has 1 heterocycles. The van der Waals surface area contributed by atoms with Crippen molar-refractivity contribution in [2.24, 2.45) is 5.73 Å². The lowest BCUT2D eigenvalue weighted by Gasteiger charge is -2.12. The Morgan fingerprint density at radius 3 is 2.50 bits per heavy atom. The van der Waals surface area contributed by atoms with E-state index in [0.717, 1.165) is 5.01 Å². The lowest BCUT2D eigenvalue weighted by Crippen LogP contribution is -2.16. The van der Waals surface area contributed by atoms with E-state index in [9.17, 15) is 5.11 Å². The highest BCUT2D eigenvalue weighted by atomic mass is 35.5. The van der Waals surface area contributed by atoms with Gasteiger partial charge in [-0.05, 0) is 13.8 Å². The van der Waals surface area contributed by atoms with E-state index in [4.69, 9.17) is 5.73 Å². The Kier molecular flexibility index (Phi) is 4.13. The Morgan fingerprint density at radius 1 is 1.67 bits per heavy atom. The number of aromatic nitrogens is 1. The fraction of sp³-hybridized carbons (Fsp3) is 0.571. The van der Waals surface area contributed by atoms with Crippen molar-refractivity contribution in [2.45, 2.75) is 26.0 Å². The van der Waals surface area contributed by atoms with Gasteiger partial charge in [-0.2, -0.15) is 0 Å². The van der Waals surface area contributed by atoms with Gasteiger partial charge in [-0.1, -0.05) is 0 Å². The van der Waals surface area contributed by atoms with Crippen LogP contribution in [-0.4, -0.2) is 10.1 Å². The Balaban J connectivity index is 0.00000121. The van der Waals surface area contributed by atoms with Crippen LogP contribution in [0.2, 0.25) is 0 Å². The van der Waals surface area contributed by atoms with E-state index in [1.807, 2.05) is 5.38 Å². The zero-order chi connectivity index (χ0) is 8.48. The summed E-state index contributed by atoms with van der Waals surface area (Å²) in [5.41, 5.74) is 5.23. The number of thiazole rings is 1. The molecule has 0 saturated carbocycles. The molecule has 0 spiro atoms. The molecule has 0 atom stereocenters. The number of hydrogen-bond acceptors (Lipinski definition) is 4. The summed E-state index contributed by atoms with van der Waals surface area (Å²) in [7, 11) is 0. The molecule has 0 aliphatic rings. The van der Waals surface area contributed by atoms with Crippen LogP contribution in [0.1, 0.15) is 24.5 Å². The Bertz CT molecular complexity index is 244. The molecule has 0 radical (unpaired) electrons. The van der Waals surface area contributed by atoms with Crippen LogP contribution in [0.25, 0.3) is 0 Å². The predicted octanol–water partition coefficient (Wildman–Crippen LogP) is 1.25. The van der Waals surface area contributed by atoms with Gasteiger partial charge in [0.2, 0.25) is 0 Å². The quantitative estimate of drug-likeness (QED) is 0.769. The molecule has 1 rings (SSSR count). The van der Waals surface area contributed by atoms with Crippen LogP contribution in [0.4, 0.5) is 0 Å². The number of nitrogens with zero attached hydrogens (tertiary/aromatic N) is 1. The topological polar surface area (TPSA) is 59.1 Å². The van der Waals surface area contributed by atoms with Crippen LogP contribution in [0.3, 0.4) is 0 Å². The molecule has 3 nitrogen and oxygen atoms in total. The molecule has 70 valence electrons. The molecule has 0 aliphatic carbocycles. The van der Waals surface area contributed by atoms with Crippen molar-refractivity contribution in [1.29, 1.82) is 0 Å². The molecule has 0 fully saturated rings. The number of rotatable bonds is 2. The third-order valence-electron chi connectivity index (χ3n) is 1.35. The molecule has 0 saturated heterocycles. The highest BCUT2D eigenvalue weighted by molar-refractivity contribution is 7.09. The first kappa shape index (κ1) is 11.8. The van der Waals surface area contributed by atoms with Crippen molar-refractivity contribution in [3.05, 3.63) is 16.1 Å². The van der Waals surface area contributed by atoms with E-state index < -0.39 is 5.60 Å². The van der Waals surface area contributed by atoms with Gasteiger partial charge in [0.05, 0.1) is 5.69 Å². The summed E-state index contributed by atoms with van der Waals surface area (Å²) in [5, 5.41) is 12.2. The summed E-state index contributed by atoms with van der Waals surface area (Å²) >= 11 is 1.48. The zero-order valence-electron chi connectivity index (χ0n) is 7.07. The van der Waals surface area contributed by atoms with E-state index in [0.29, 0.717) is 12.2 Å². The molecule has 1 aromatic heterocycles. The van der Waals surface area contributed by atoms with E-state index in [1.165, 1.54) is 11.3 Å². The van der Waals surface area contributed by atoms with Crippen LogP contribution in [0, 0.1) is 0 Å². The highest BCUT2D eigenvalue weighted by Crippen LogP contribution is 2.21. The first-order valence-electron chi connectivity index (χ1n) is 3.41. The van der Waals surface area contributed by atoms with E-state index in [-0.39, 0.29) is 12.4 Å². The largest absolute Gasteiger partial charge is 0.384 e. The second-order valence-electron chi connectivity index (χ2n) is 2.89. The van der Waals surface area contributed by atoms with Crippen LogP contribution in [-0.2, 0) is 12.1 Å². The van der Waals surface area contributed by atoms with Crippen molar-refractivity contribution in [2.75, 3.05) is 0 Å². The van der Waals surface area contributed by atoms with Crippen molar-refractivity contribution in [3.8, 4) is 0 Å². The predicted molar refractivity (Wildman–Crippen MR) is 52.5 cm³/mol. The maximum absolute atomic E-state index is 9.50. The van der Waals surface area contributed by atoms with Gasteiger partial charge in [-0.15, -0.1) is 23.7 Å². The van der Waals surface area contributed by atoms with Crippen LogP contribution in [0.5, 0.6) is 0 Å². The number of aliphatic hydroxyl groups is 1. The van der Waals surface area contributed by atoms with Gasteiger partial charge in [-0.3, -0.25) is 0 Å². The maximum atomic E-state index is 9.50. The smallest absolute Gasteiger partial charge is 0.107 e. The normalized spacial score (nSPS) is 11.0. The summed E-state index contributed by atoms with van der Waals surface area (Å²) in [6.45, 7) is 3.87. The van der Waals surface area contributed by atoms with Gasteiger partial charge < -0.3 is 10.8 Å². The average Bonchev–Trinajstić information content (AvgIpc) is 2.32. The molecule has 5 heteroatoms. The van der Waals surface area contributed by atoms with E-state index in [1.54, 1.807) is 13.8 Å². The number of hydrogen-bond donors (Lipinski definition) is 2. The summed E-state index contributed by atoms with van der Waals surface area (Å²) in [4.78, 5) is 4.14. The average molecular weight is 209 g/mol. The minimum atomic E-state index is -0.843. The first-order chi connectivity index (χ1) is 5.04. The molecular weight excluding hydrogens is 196 g/mol. The molecule has 0 aromatic carbocycles. The van der Waals surface area contributed by atoms with Gasteiger partial charge in [0.15, 0.2) is 0 Å². The third kappa shape index (κ3) is 2.71. The third-order valence-corrected chi connectivity index (χ3v) is 2.22. The van der Waals surface area contributed by atoms with Crippen LogP contribution >= 0.6 is 23.7 Å². The molecule has 0 amide bonds. The lowest BCUT2D eigenvalue weighted by atomic mass is 10.1. The Labute approximate surface area is 82.0 Å².